The molecule has 5 nitrogen and oxygen atoms in total. The summed E-state index contributed by atoms with van der Waals surface area (Å²) in [6, 6.07) is 6.40. The Morgan fingerprint density at radius 1 is 1.36 bits per heavy atom. The van der Waals surface area contributed by atoms with Gasteiger partial charge in [-0.2, -0.15) is 0 Å². The third-order valence-corrected chi connectivity index (χ3v) is 4.48. The molecule has 1 saturated heterocycles. The lowest BCUT2D eigenvalue weighted by Gasteiger charge is -2.31. The molecule has 1 aliphatic rings. The van der Waals surface area contributed by atoms with Crippen LogP contribution in [0.2, 0.25) is 0 Å². The molecule has 0 radical (unpaired) electrons. The number of nitrogens with one attached hydrogen (secondary N) is 2. The van der Waals surface area contributed by atoms with E-state index in [2.05, 4.69) is 45.0 Å². The number of imidazole rings is 2. The van der Waals surface area contributed by atoms with Gasteiger partial charge >= 0.3 is 0 Å². The van der Waals surface area contributed by atoms with Crippen LogP contribution in [0.1, 0.15) is 36.0 Å². The molecule has 1 aromatic carbocycles. The highest BCUT2D eigenvalue weighted by molar-refractivity contribution is 5.75. The number of H-pyrrole nitrogens is 2. The molecule has 2 N–H and O–H groups in total. The highest BCUT2D eigenvalue weighted by Crippen LogP contribution is 2.27. The maximum absolute atomic E-state index is 4.80. The number of fused-ring (bicyclic) bond motifs is 1. The van der Waals surface area contributed by atoms with Gasteiger partial charge in [-0.25, -0.2) is 9.97 Å². The monoisotopic (exact) mass is 295 g/mol. The normalized spacial score (nSPS) is 19.8. The summed E-state index contributed by atoms with van der Waals surface area (Å²) in [5, 5.41) is 0. The number of likely N-dealkylation sites (tertiary alicyclic amines) is 1. The first-order valence-corrected chi connectivity index (χ1v) is 7.95. The molecule has 1 atom stereocenters. The van der Waals surface area contributed by atoms with Crippen LogP contribution < -0.4 is 0 Å². The van der Waals surface area contributed by atoms with Crippen molar-refractivity contribution in [3.05, 3.63) is 47.8 Å². The van der Waals surface area contributed by atoms with Gasteiger partial charge in [-0.15, -0.1) is 0 Å². The highest BCUT2D eigenvalue weighted by atomic mass is 15.2. The number of hydrogen-bond donors (Lipinski definition) is 2. The smallest absolute Gasteiger partial charge is 0.120 e. The predicted molar refractivity (Wildman–Crippen MR) is 86.7 cm³/mol. The van der Waals surface area contributed by atoms with E-state index in [0.29, 0.717) is 5.92 Å². The molecule has 4 rings (SSSR count). The van der Waals surface area contributed by atoms with Crippen LogP contribution in [0, 0.1) is 6.92 Å². The minimum absolute atomic E-state index is 0.483. The number of aromatic nitrogens is 4. The molecular weight excluding hydrogens is 274 g/mol. The zero-order chi connectivity index (χ0) is 14.9. The van der Waals surface area contributed by atoms with Crippen molar-refractivity contribution in [2.75, 3.05) is 13.1 Å². The fourth-order valence-corrected chi connectivity index (χ4v) is 3.36. The van der Waals surface area contributed by atoms with Gasteiger partial charge in [0.1, 0.15) is 11.6 Å². The lowest BCUT2D eigenvalue weighted by atomic mass is 9.97. The minimum Gasteiger partial charge on any atom is -0.348 e. The summed E-state index contributed by atoms with van der Waals surface area (Å²) >= 11 is 0. The molecule has 5 heteroatoms. The molecular formula is C17H21N5. The molecule has 114 valence electrons. The molecule has 1 aliphatic heterocycles. The maximum atomic E-state index is 4.80. The van der Waals surface area contributed by atoms with Gasteiger partial charge in [0.15, 0.2) is 0 Å². The van der Waals surface area contributed by atoms with Gasteiger partial charge in [-0.05, 0) is 44.0 Å². The Hall–Kier alpha value is -2.14. The Bertz CT molecular complexity index is 759. The molecule has 0 spiro atoms. The zero-order valence-electron chi connectivity index (χ0n) is 12.8. The third-order valence-electron chi connectivity index (χ3n) is 4.48. The Kier molecular flexibility index (Phi) is 3.42. The van der Waals surface area contributed by atoms with E-state index in [1.54, 1.807) is 0 Å². The van der Waals surface area contributed by atoms with Crippen molar-refractivity contribution in [3.8, 4) is 0 Å². The number of hydrogen-bond acceptors (Lipinski definition) is 3. The molecule has 0 amide bonds. The van der Waals surface area contributed by atoms with Gasteiger partial charge in [-0.3, -0.25) is 4.90 Å². The van der Waals surface area contributed by atoms with Crippen LogP contribution >= 0.6 is 0 Å². The molecule has 2 aromatic heterocycles. The Morgan fingerprint density at radius 2 is 2.32 bits per heavy atom. The standard InChI is InChI=1S/C17H21N5/c1-12-4-5-14-15(9-12)21-17(20-14)13-3-2-8-22(10-13)11-16-18-6-7-19-16/h4-7,9,13H,2-3,8,10-11H2,1H3,(H,18,19)(H,20,21)/t13-/m1/s1. The second-order valence-electron chi connectivity index (χ2n) is 6.25. The van der Waals surface area contributed by atoms with Gasteiger partial charge < -0.3 is 9.97 Å². The quantitative estimate of drug-likeness (QED) is 0.781. The van der Waals surface area contributed by atoms with Crippen LogP contribution in [0.25, 0.3) is 11.0 Å². The van der Waals surface area contributed by atoms with Gasteiger partial charge in [-0.1, -0.05) is 6.07 Å². The van der Waals surface area contributed by atoms with Gasteiger partial charge in [0.25, 0.3) is 0 Å². The van der Waals surface area contributed by atoms with Crippen LogP contribution in [-0.2, 0) is 6.54 Å². The number of aryl methyl sites for hydroxylation is 1. The summed E-state index contributed by atoms with van der Waals surface area (Å²) in [6.45, 7) is 5.19. The maximum Gasteiger partial charge on any atom is 0.120 e. The van der Waals surface area contributed by atoms with E-state index < -0.39 is 0 Å². The van der Waals surface area contributed by atoms with E-state index in [-0.39, 0.29) is 0 Å². The van der Waals surface area contributed by atoms with Crippen molar-refractivity contribution < 1.29 is 0 Å². The number of aromatic amines is 2. The molecule has 3 aromatic rings. The van der Waals surface area contributed by atoms with Gasteiger partial charge in [0.05, 0.1) is 17.6 Å². The van der Waals surface area contributed by atoms with E-state index in [0.717, 1.165) is 42.3 Å². The zero-order valence-corrected chi connectivity index (χ0v) is 12.8. The summed E-state index contributed by atoms with van der Waals surface area (Å²) in [5.41, 5.74) is 3.49. The topological polar surface area (TPSA) is 60.6 Å². The lowest BCUT2D eigenvalue weighted by molar-refractivity contribution is 0.193. The summed E-state index contributed by atoms with van der Waals surface area (Å²) < 4.78 is 0. The SMILES string of the molecule is Cc1ccc2nc([C@@H]3CCCN(Cc4ncc[nH]4)C3)[nH]c2c1. The second-order valence-corrected chi connectivity index (χ2v) is 6.25. The van der Waals surface area contributed by atoms with Crippen molar-refractivity contribution in [1.29, 1.82) is 0 Å². The summed E-state index contributed by atoms with van der Waals surface area (Å²) in [6.07, 6.45) is 6.12. The van der Waals surface area contributed by atoms with Crippen LogP contribution in [-0.4, -0.2) is 37.9 Å². The van der Waals surface area contributed by atoms with Crippen molar-refractivity contribution in [1.82, 2.24) is 24.8 Å². The first-order chi connectivity index (χ1) is 10.8. The van der Waals surface area contributed by atoms with Crippen molar-refractivity contribution in [2.24, 2.45) is 0 Å². The first kappa shape index (κ1) is 13.5. The molecule has 0 aliphatic carbocycles. The Labute approximate surface area is 129 Å². The second kappa shape index (κ2) is 5.57. The number of benzene rings is 1. The Balaban J connectivity index is 1.53. The van der Waals surface area contributed by atoms with Crippen molar-refractivity contribution in [3.63, 3.8) is 0 Å². The predicted octanol–water partition coefficient (Wildman–Crippen LogP) is 2.97. The fourth-order valence-electron chi connectivity index (χ4n) is 3.36. The Morgan fingerprint density at radius 3 is 3.18 bits per heavy atom. The molecule has 0 saturated carbocycles. The highest BCUT2D eigenvalue weighted by Gasteiger charge is 2.24. The van der Waals surface area contributed by atoms with E-state index in [9.17, 15) is 0 Å². The number of piperidine rings is 1. The first-order valence-electron chi connectivity index (χ1n) is 7.95. The van der Waals surface area contributed by atoms with Crippen LogP contribution in [0.3, 0.4) is 0 Å². The lowest BCUT2D eigenvalue weighted by Crippen LogP contribution is -2.34. The van der Waals surface area contributed by atoms with Crippen LogP contribution in [0.4, 0.5) is 0 Å². The van der Waals surface area contributed by atoms with E-state index in [1.807, 2.05) is 12.4 Å². The average molecular weight is 295 g/mol. The molecule has 0 unspecified atom stereocenters. The fraction of sp³-hybridized carbons (Fsp3) is 0.412. The summed E-state index contributed by atoms with van der Waals surface area (Å²) in [4.78, 5) is 18.3. The summed E-state index contributed by atoms with van der Waals surface area (Å²) in [7, 11) is 0. The largest absolute Gasteiger partial charge is 0.348 e. The molecule has 1 fully saturated rings. The molecule has 3 heterocycles. The average Bonchev–Trinajstić information content (AvgIpc) is 3.16. The summed E-state index contributed by atoms with van der Waals surface area (Å²) in [5.74, 6) is 2.65. The van der Waals surface area contributed by atoms with Gasteiger partial charge in [0.2, 0.25) is 0 Å². The van der Waals surface area contributed by atoms with E-state index in [4.69, 9.17) is 4.98 Å². The van der Waals surface area contributed by atoms with E-state index in [1.165, 1.54) is 18.4 Å². The minimum atomic E-state index is 0.483. The van der Waals surface area contributed by atoms with Crippen LogP contribution in [0.5, 0.6) is 0 Å². The molecule has 0 bridgehead atoms. The molecule has 22 heavy (non-hydrogen) atoms. The third kappa shape index (κ3) is 2.64. The number of nitrogens with zero attached hydrogens (tertiary/aromatic N) is 3. The van der Waals surface area contributed by atoms with Crippen LogP contribution in [0.15, 0.2) is 30.6 Å². The van der Waals surface area contributed by atoms with Gasteiger partial charge in [0, 0.05) is 24.9 Å². The van der Waals surface area contributed by atoms with E-state index >= 15 is 0 Å². The number of rotatable bonds is 3. The van der Waals surface area contributed by atoms with Crippen molar-refractivity contribution >= 4 is 11.0 Å². The van der Waals surface area contributed by atoms with Crippen molar-refractivity contribution in [2.45, 2.75) is 32.2 Å².